The zero-order valence-electron chi connectivity index (χ0n) is 25.0. The number of rotatable bonds is 9. The number of carboxylic acid groups (broad SMARTS) is 1. The normalized spacial score (nSPS) is 12.6. The van der Waals surface area contributed by atoms with Crippen LogP contribution in [-0.4, -0.2) is 39.3 Å². The van der Waals surface area contributed by atoms with E-state index in [-0.39, 0.29) is 5.41 Å². The monoisotopic (exact) mass is 598 g/mol. The van der Waals surface area contributed by atoms with Gasteiger partial charge in [-0.2, -0.15) is 0 Å². The van der Waals surface area contributed by atoms with Crippen molar-refractivity contribution in [1.82, 2.24) is 9.55 Å². The van der Waals surface area contributed by atoms with Crippen LogP contribution in [0.1, 0.15) is 51.4 Å². The molecule has 0 radical (unpaired) electrons. The molecule has 5 rings (SSSR count). The van der Waals surface area contributed by atoms with Crippen LogP contribution in [0.25, 0.3) is 38.7 Å². The van der Waals surface area contributed by atoms with Crippen LogP contribution >= 0.6 is 11.3 Å². The third kappa shape index (κ3) is 6.57. The Kier molecular flexibility index (Phi) is 8.03. The average molecular weight is 599 g/mol. The van der Waals surface area contributed by atoms with Crippen LogP contribution in [0.15, 0.2) is 76.7 Å². The SMILES string of the molecule is COC(=O)C(C)(C)Oc1ccc2c(c1)c(C=CC=CC(=O)O)cn2Cc1ccc2oc(-c3nc(C(C)(C)C)cs3)cc2c1. The third-order valence-corrected chi connectivity index (χ3v) is 7.83. The van der Waals surface area contributed by atoms with Gasteiger partial charge in [0.25, 0.3) is 0 Å². The molecule has 1 N–H and O–H groups in total. The molecule has 0 aliphatic carbocycles. The van der Waals surface area contributed by atoms with Crippen LogP contribution in [-0.2, 0) is 26.3 Å². The van der Waals surface area contributed by atoms with Gasteiger partial charge in [0.1, 0.15) is 11.3 Å². The number of aliphatic carboxylic acids is 1. The number of fused-ring (bicyclic) bond motifs is 2. The second kappa shape index (κ2) is 11.6. The number of thiazole rings is 1. The Hall–Kier alpha value is -4.63. The summed E-state index contributed by atoms with van der Waals surface area (Å²) in [5, 5.41) is 13.8. The molecule has 5 aromatic rings. The average Bonchev–Trinajstić information content (AvgIpc) is 3.67. The maximum Gasteiger partial charge on any atom is 0.349 e. The maximum absolute atomic E-state index is 12.2. The first-order valence-corrected chi connectivity index (χ1v) is 14.7. The van der Waals surface area contributed by atoms with E-state index in [1.54, 1.807) is 31.3 Å². The zero-order valence-corrected chi connectivity index (χ0v) is 25.8. The predicted octanol–water partition coefficient (Wildman–Crippen LogP) is 7.84. The van der Waals surface area contributed by atoms with Gasteiger partial charge < -0.3 is 23.6 Å². The zero-order chi connectivity index (χ0) is 30.9. The summed E-state index contributed by atoms with van der Waals surface area (Å²) < 4.78 is 19.2. The Balaban J connectivity index is 1.48. The predicted molar refractivity (Wildman–Crippen MR) is 170 cm³/mol. The first-order valence-electron chi connectivity index (χ1n) is 13.8. The van der Waals surface area contributed by atoms with Gasteiger partial charge in [0.15, 0.2) is 16.4 Å². The van der Waals surface area contributed by atoms with Crippen LogP contribution in [0.5, 0.6) is 5.75 Å². The first kappa shape index (κ1) is 29.8. The van der Waals surface area contributed by atoms with Crippen molar-refractivity contribution in [2.75, 3.05) is 7.11 Å². The molecule has 43 heavy (non-hydrogen) atoms. The second-order valence-electron chi connectivity index (χ2n) is 11.8. The minimum atomic E-state index is -1.17. The van der Waals surface area contributed by atoms with Crippen molar-refractivity contribution < 1.29 is 28.6 Å². The van der Waals surface area contributed by atoms with E-state index in [9.17, 15) is 9.59 Å². The number of hydrogen-bond donors (Lipinski definition) is 1. The van der Waals surface area contributed by atoms with E-state index in [0.29, 0.717) is 12.3 Å². The summed E-state index contributed by atoms with van der Waals surface area (Å²) in [5.41, 5.74) is 3.55. The lowest BCUT2D eigenvalue weighted by molar-refractivity contribution is -0.156. The van der Waals surface area contributed by atoms with Gasteiger partial charge in [-0.25, -0.2) is 14.6 Å². The van der Waals surface area contributed by atoms with Gasteiger partial charge in [-0.05, 0) is 55.8 Å². The van der Waals surface area contributed by atoms with Gasteiger partial charge in [-0.15, -0.1) is 11.3 Å². The number of allylic oxidation sites excluding steroid dienone is 2. The first-order chi connectivity index (χ1) is 20.3. The van der Waals surface area contributed by atoms with E-state index in [2.05, 4.69) is 36.8 Å². The number of hydrogen-bond acceptors (Lipinski definition) is 7. The van der Waals surface area contributed by atoms with Gasteiger partial charge in [0.05, 0.1) is 12.8 Å². The fourth-order valence-corrected chi connectivity index (χ4v) is 5.73. The van der Waals surface area contributed by atoms with Gasteiger partial charge in [0.2, 0.25) is 0 Å². The Labute approximate surface area is 253 Å². The highest BCUT2D eigenvalue weighted by atomic mass is 32.1. The molecule has 0 aliphatic rings. The molecular weight excluding hydrogens is 564 g/mol. The number of benzene rings is 2. The van der Waals surface area contributed by atoms with E-state index in [1.165, 1.54) is 13.2 Å². The molecule has 0 aliphatic heterocycles. The molecule has 0 amide bonds. The van der Waals surface area contributed by atoms with Crippen LogP contribution in [0.3, 0.4) is 0 Å². The highest BCUT2D eigenvalue weighted by molar-refractivity contribution is 7.13. The summed E-state index contributed by atoms with van der Waals surface area (Å²) in [6.45, 7) is 10.3. The van der Waals surface area contributed by atoms with Crippen LogP contribution in [0.4, 0.5) is 0 Å². The minimum Gasteiger partial charge on any atom is -0.478 e. The van der Waals surface area contributed by atoms with E-state index in [0.717, 1.165) is 55.5 Å². The van der Waals surface area contributed by atoms with Gasteiger partial charge >= 0.3 is 11.9 Å². The fourth-order valence-electron chi connectivity index (χ4n) is 4.73. The third-order valence-electron chi connectivity index (χ3n) is 6.98. The van der Waals surface area contributed by atoms with Crippen LogP contribution in [0.2, 0.25) is 0 Å². The van der Waals surface area contributed by atoms with E-state index < -0.39 is 17.5 Å². The van der Waals surface area contributed by atoms with E-state index in [1.807, 2.05) is 48.7 Å². The molecule has 2 aromatic carbocycles. The minimum absolute atomic E-state index is 0.0293. The molecule has 222 valence electrons. The van der Waals surface area contributed by atoms with Crippen molar-refractivity contribution in [2.24, 2.45) is 0 Å². The Bertz CT molecular complexity index is 1880. The number of carbonyl (C=O) groups excluding carboxylic acids is 1. The molecule has 9 heteroatoms. The highest BCUT2D eigenvalue weighted by Crippen LogP contribution is 2.34. The van der Waals surface area contributed by atoms with E-state index >= 15 is 0 Å². The number of aromatic nitrogens is 2. The van der Waals surface area contributed by atoms with E-state index in [4.69, 9.17) is 24.0 Å². The van der Waals surface area contributed by atoms with Crippen molar-refractivity contribution in [3.63, 3.8) is 0 Å². The molecule has 0 unspecified atom stereocenters. The number of esters is 1. The lowest BCUT2D eigenvalue weighted by atomic mass is 9.93. The molecule has 0 atom stereocenters. The van der Waals surface area contributed by atoms with Crippen molar-refractivity contribution in [2.45, 2.75) is 52.2 Å². The van der Waals surface area contributed by atoms with Gasteiger partial charge in [0, 0.05) is 51.5 Å². The van der Waals surface area contributed by atoms with Crippen molar-refractivity contribution in [1.29, 1.82) is 0 Å². The summed E-state index contributed by atoms with van der Waals surface area (Å²) in [6, 6.07) is 13.8. The summed E-state index contributed by atoms with van der Waals surface area (Å²) in [7, 11) is 1.33. The quantitative estimate of drug-likeness (QED) is 0.105. The van der Waals surface area contributed by atoms with Crippen molar-refractivity contribution >= 4 is 51.2 Å². The number of methoxy groups -OCH3 is 1. The second-order valence-corrected chi connectivity index (χ2v) is 12.7. The number of nitrogens with zero attached hydrogens (tertiary/aromatic N) is 2. The lowest BCUT2D eigenvalue weighted by Gasteiger charge is -2.23. The molecule has 0 fully saturated rings. The Morgan fingerprint density at radius 3 is 2.56 bits per heavy atom. The Morgan fingerprint density at radius 2 is 1.86 bits per heavy atom. The van der Waals surface area contributed by atoms with Gasteiger partial charge in [-0.3, -0.25) is 0 Å². The molecule has 0 spiro atoms. The fraction of sp³-hybridized carbons (Fsp3) is 0.265. The number of carboxylic acids is 1. The molecule has 3 heterocycles. The van der Waals surface area contributed by atoms with Crippen molar-refractivity contribution in [3.05, 3.63) is 89.1 Å². The van der Waals surface area contributed by atoms with Crippen LogP contribution < -0.4 is 4.74 Å². The number of ether oxygens (including phenoxy) is 2. The standard InChI is InChI=1S/C34H34N2O6S/c1-33(2,3)29-20-43-31(35-29)28-16-23-15-21(11-14-27(23)41-28)18-36-19-22(9-7-8-10-30(37)38)25-17-24(12-13-26(25)36)42-34(4,5)32(39)40-6/h7-17,19-20H,18H2,1-6H3,(H,37,38). The molecule has 3 aromatic heterocycles. The topological polar surface area (TPSA) is 104 Å². The number of carbonyl (C=O) groups is 2. The van der Waals surface area contributed by atoms with Crippen molar-refractivity contribution in [3.8, 4) is 16.5 Å². The molecule has 8 nitrogen and oxygen atoms in total. The lowest BCUT2D eigenvalue weighted by Crippen LogP contribution is -2.39. The molecule has 0 saturated heterocycles. The largest absolute Gasteiger partial charge is 0.478 e. The summed E-state index contributed by atoms with van der Waals surface area (Å²) in [4.78, 5) is 27.9. The Morgan fingerprint density at radius 1 is 1.07 bits per heavy atom. The van der Waals surface area contributed by atoms with Crippen LogP contribution in [0, 0.1) is 0 Å². The molecule has 0 saturated carbocycles. The summed E-state index contributed by atoms with van der Waals surface area (Å²) >= 11 is 1.58. The molecular formula is C34H34N2O6S. The summed E-state index contributed by atoms with van der Waals surface area (Å²) in [6.07, 6.45) is 8.09. The molecule has 0 bridgehead atoms. The highest BCUT2D eigenvalue weighted by Gasteiger charge is 2.31. The number of furan rings is 1. The maximum atomic E-state index is 12.2. The van der Waals surface area contributed by atoms with Gasteiger partial charge in [-0.1, -0.05) is 45.1 Å². The summed E-state index contributed by atoms with van der Waals surface area (Å²) in [5.74, 6) is -0.231. The smallest absolute Gasteiger partial charge is 0.349 e.